The molecule has 0 aliphatic rings. The van der Waals surface area contributed by atoms with Crippen molar-refractivity contribution >= 4 is 11.6 Å². The maximum atomic E-state index is 4.46. The van der Waals surface area contributed by atoms with E-state index in [1.807, 2.05) is 40.4 Å². The Morgan fingerprint density at radius 2 is 2.26 bits per heavy atom. The average Bonchev–Trinajstić information content (AvgIpc) is 2.98. The molecule has 0 saturated heterocycles. The van der Waals surface area contributed by atoms with Crippen LogP contribution in [0.1, 0.15) is 12.6 Å². The number of fused-ring (bicyclic) bond motifs is 1. The number of aromatic nitrogens is 5. The van der Waals surface area contributed by atoms with Gasteiger partial charge in [-0.1, -0.05) is 6.07 Å². The molecule has 3 heterocycles. The molecule has 3 rings (SSSR count). The molecule has 1 unspecified atom stereocenters. The second kappa shape index (κ2) is 4.72. The molecule has 0 amide bonds. The number of anilines is 1. The Balaban J connectivity index is 1.76. The molecule has 19 heavy (non-hydrogen) atoms. The van der Waals surface area contributed by atoms with Gasteiger partial charge in [0, 0.05) is 30.7 Å². The van der Waals surface area contributed by atoms with Crippen LogP contribution in [0.4, 0.5) is 5.95 Å². The molecular formula is C13H16N6. The monoisotopic (exact) mass is 256 g/mol. The van der Waals surface area contributed by atoms with Gasteiger partial charge in [0.15, 0.2) is 5.65 Å². The molecule has 0 bridgehead atoms. The molecule has 0 aliphatic heterocycles. The lowest BCUT2D eigenvalue weighted by Crippen LogP contribution is -2.22. The van der Waals surface area contributed by atoms with Crippen molar-refractivity contribution in [3.63, 3.8) is 0 Å². The molecule has 0 aliphatic carbocycles. The molecule has 0 radical (unpaired) electrons. The van der Waals surface area contributed by atoms with Crippen LogP contribution in [0.5, 0.6) is 0 Å². The highest BCUT2D eigenvalue weighted by atomic mass is 15.4. The third-order valence-corrected chi connectivity index (χ3v) is 2.97. The van der Waals surface area contributed by atoms with Gasteiger partial charge in [-0.05, 0) is 26.0 Å². The Hall–Kier alpha value is -2.37. The third-order valence-electron chi connectivity index (χ3n) is 2.97. The second-order valence-electron chi connectivity index (χ2n) is 4.68. The molecule has 3 aromatic rings. The van der Waals surface area contributed by atoms with Crippen LogP contribution in [-0.4, -0.2) is 30.2 Å². The van der Waals surface area contributed by atoms with E-state index in [1.165, 1.54) is 0 Å². The number of hydrogen-bond acceptors (Lipinski definition) is 4. The van der Waals surface area contributed by atoms with Gasteiger partial charge in [0.05, 0.1) is 6.33 Å². The lowest BCUT2D eigenvalue weighted by molar-refractivity contribution is 0.614. The summed E-state index contributed by atoms with van der Waals surface area (Å²) in [7, 11) is 0. The van der Waals surface area contributed by atoms with Crippen LogP contribution in [0, 0.1) is 6.92 Å². The number of hydrogen-bond donors (Lipinski definition) is 1. The predicted molar refractivity (Wildman–Crippen MR) is 73.0 cm³/mol. The van der Waals surface area contributed by atoms with Gasteiger partial charge in [-0.2, -0.15) is 4.98 Å². The van der Waals surface area contributed by atoms with E-state index in [1.54, 1.807) is 12.5 Å². The van der Waals surface area contributed by atoms with Crippen LogP contribution in [0.15, 0.2) is 36.9 Å². The average molecular weight is 256 g/mol. The van der Waals surface area contributed by atoms with Crippen LogP contribution >= 0.6 is 0 Å². The van der Waals surface area contributed by atoms with E-state index in [0.717, 1.165) is 17.9 Å². The third kappa shape index (κ3) is 2.42. The molecule has 1 atom stereocenters. The van der Waals surface area contributed by atoms with E-state index in [4.69, 9.17) is 0 Å². The van der Waals surface area contributed by atoms with Crippen molar-refractivity contribution in [1.82, 2.24) is 24.1 Å². The summed E-state index contributed by atoms with van der Waals surface area (Å²) in [4.78, 5) is 8.49. The molecule has 0 fully saturated rings. The zero-order valence-electron chi connectivity index (χ0n) is 11.0. The van der Waals surface area contributed by atoms with Crippen molar-refractivity contribution in [2.45, 2.75) is 26.4 Å². The molecule has 1 N–H and O–H groups in total. The van der Waals surface area contributed by atoms with Crippen molar-refractivity contribution < 1.29 is 0 Å². The highest BCUT2D eigenvalue weighted by molar-refractivity contribution is 5.44. The number of rotatable bonds is 4. The Morgan fingerprint density at radius 3 is 3.00 bits per heavy atom. The summed E-state index contributed by atoms with van der Waals surface area (Å²) in [5.74, 6) is 0.655. The number of nitrogens with one attached hydrogen (secondary N) is 1. The lowest BCUT2D eigenvalue weighted by Gasteiger charge is -2.12. The minimum atomic E-state index is 0.229. The first-order valence-electron chi connectivity index (χ1n) is 6.27. The smallest absolute Gasteiger partial charge is 0.243 e. The zero-order chi connectivity index (χ0) is 13.2. The molecule has 98 valence electrons. The summed E-state index contributed by atoms with van der Waals surface area (Å²) >= 11 is 0. The Kier molecular flexibility index (Phi) is 2.91. The first kappa shape index (κ1) is 11.7. The fourth-order valence-corrected chi connectivity index (χ4v) is 2.07. The quantitative estimate of drug-likeness (QED) is 0.772. The van der Waals surface area contributed by atoms with Crippen LogP contribution in [-0.2, 0) is 6.54 Å². The van der Waals surface area contributed by atoms with Crippen molar-refractivity contribution in [2.24, 2.45) is 0 Å². The molecular weight excluding hydrogens is 240 g/mol. The van der Waals surface area contributed by atoms with Crippen molar-refractivity contribution in [3.05, 3.63) is 42.6 Å². The van der Waals surface area contributed by atoms with Gasteiger partial charge in [0.2, 0.25) is 5.95 Å². The second-order valence-corrected chi connectivity index (χ2v) is 4.68. The van der Waals surface area contributed by atoms with Crippen molar-refractivity contribution in [1.29, 1.82) is 0 Å². The first-order chi connectivity index (χ1) is 9.22. The van der Waals surface area contributed by atoms with Gasteiger partial charge in [-0.25, -0.2) is 9.50 Å². The normalized spacial score (nSPS) is 12.7. The minimum Gasteiger partial charge on any atom is -0.349 e. The highest BCUT2D eigenvalue weighted by Crippen LogP contribution is 2.09. The molecule has 0 spiro atoms. The number of imidazole rings is 1. The van der Waals surface area contributed by atoms with Gasteiger partial charge in [0.25, 0.3) is 0 Å². The number of pyridine rings is 1. The fraction of sp³-hybridized carbons (Fsp3) is 0.308. The van der Waals surface area contributed by atoms with E-state index < -0.39 is 0 Å². The van der Waals surface area contributed by atoms with Gasteiger partial charge >= 0.3 is 0 Å². The summed E-state index contributed by atoms with van der Waals surface area (Å²) in [6.45, 7) is 4.94. The van der Waals surface area contributed by atoms with Gasteiger partial charge in [0.1, 0.15) is 0 Å². The maximum absolute atomic E-state index is 4.46. The van der Waals surface area contributed by atoms with Gasteiger partial charge < -0.3 is 9.88 Å². The van der Waals surface area contributed by atoms with Crippen LogP contribution < -0.4 is 5.32 Å². The van der Waals surface area contributed by atoms with E-state index in [9.17, 15) is 0 Å². The van der Waals surface area contributed by atoms with E-state index in [0.29, 0.717) is 5.95 Å². The van der Waals surface area contributed by atoms with Crippen LogP contribution in [0.25, 0.3) is 5.65 Å². The minimum absolute atomic E-state index is 0.229. The Morgan fingerprint density at radius 1 is 1.37 bits per heavy atom. The van der Waals surface area contributed by atoms with Crippen molar-refractivity contribution in [2.75, 3.05) is 5.32 Å². The van der Waals surface area contributed by atoms with Gasteiger partial charge in [-0.15, -0.1) is 5.10 Å². The van der Waals surface area contributed by atoms with Gasteiger partial charge in [-0.3, -0.25) is 0 Å². The number of aryl methyl sites for hydroxylation is 1. The predicted octanol–water partition coefficient (Wildman–Crippen LogP) is 1.73. The van der Waals surface area contributed by atoms with Crippen molar-refractivity contribution in [3.8, 4) is 0 Å². The molecule has 0 aromatic carbocycles. The summed E-state index contributed by atoms with van der Waals surface area (Å²) < 4.78 is 3.87. The summed E-state index contributed by atoms with van der Waals surface area (Å²) in [5, 5.41) is 7.76. The topological polar surface area (TPSA) is 60.0 Å². The number of nitrogens with zero attached hydrogens (tertiary/aromatic N) is 5. The fourth-order valence-electron chi connectivity index (χ4n) is 2.07. The highest BCUT2D eigenvalue weighted by Gasteiger charge is 2.08. The summed E-state index contributed by atoms with van der Waals surface area (Å²) in [6.07, 6.45) is 5.53. The molecule has 0 saturated carbocycles. The van der Waals surface area contributed by atoms with E-state index >= 15 is 0 Å². The van der Waals surface area contributed by atoms with Crippen LogP contribution in [0.2, 0.25) is 0 Å². The van der Waals surface area contributed by atoms with E-state index in [2.05, 4.69) is 27.3 Å². The first-order valence-corrected chi connectivity index (χ1v) is 6.27. The summed E-state index contributed by atoms with van der Waals surface area (Å²) in [6, 6.07) is 6.18. The molecule has 6 heteroatoms. The van der Waals surface area contributed by atoms with E-state index in [-0.39, 0.29) is 6.04 Å². The SMILES string of the molecule is Cc1cccc2nc(NC(C)Cn3ccnc3)nn12. The zero-order valence-corrected chi connectivity index (χ0v) is 11.0. The van der Waals surface area contributed by atoms with Crippen LogP contribution in [0.3, 0.4) is 0 Å². The maximum Gasteiger partial charge on any atom is 0.243 e. The standard InChI is InChI=1S/C13H16N6/c1-10(8-18-7-6-14-9-18)15-13-16-12-5-3-4-11(2)19(12)17-13/h3-7,9-10H,8H2,1-2H3,(H,15,17). The molecule has 3 aromatic heterocycles. The largest absolute Gasteiger partial charge is 0.349 e. The summed E-state index contributed by atoms with van der Waals surface area (Å²) in [5.41, 5.74) is 1.93. The Bertz CT molecular complexity index is 670. The Labute approximate surface area is 111 Å². The molecule has 6 nitrogen and oxygen atoms in total. The lowest BCUT2D eigenvalue weighted by atomic mass is 10.3.